The zero-order valence-corrected chi connectivity index (χ0v) is 63.8. The van der Waals surface area contributed by atoms with Crippen molar-refractivity contribution < 1.29 is 8.78 Å². The van der Waals surface area contributed by atoms with Crippen molar-refractivity contribution in [2.24, 2.45) is 11.8 Å². The number of nitrogens with zero attached hydrogens (tertiary/aromatic N) is 2. The average molecular weight is 1360 g/mol. The Kier molecular flexibility index (Phi) is 38.9. The molecule has 0 aliphatic rings. The van der Waals surface area contributed by atoms with Gasteiger partial charge in [0.2, 0.25) is 0 Å². The summed E-state index contributed by atoms with van der Waals surface area (Å²) in [6.45, 7) is 13.7. The lowest BCUT2D eigenvalue weighted by Crippen LogP contribution is -2.05. The Bertz CT molecular complexity index is 3100. The van der Waals surface area contributed by atoms with Crippen molar-refractivity contribution in [3.63, 3.8) is 0 Å². The van der Waals surface area contributed by atoms with Gasteiger partial charge in [-0.2, -0.15) is 0 Å². The van der Waals surface area contributed by atoms with Crippen molar-refractivity contribution in [3.05, 3.63) is 93.2 Å². The summed E-state index contributed by atoms with van der Waals surface area (Å²) in [5, 5.41) is 0. The second-order valence-electron chi connectivity index (χ2n) is 29.0. The van der Waals surface area contributed by atoms with E-state index in [1.165, 1.54) is 349 Å². The van der Waals surface area contributed by atoms with Gasteiger partial charge in [0.05, 0.1) is 11.0 Å². The maximum absolute atomic E-state index is 16.9. The molecule has 5 aromatic heterocycles. The Morgan fingerprint density at radius 3 is 0.979 bits per heavy atom. The van der Waals surface area contributed by atoms with Crippen molar-refractivity contribution >= 4 is 67.4 Å². The first kappa shape index (κ1) is 78.0. The first-order valence-electron chi connectivity index (χ1n) is 39.7. The molecule has 2 aromatic carbocycles. The molecule has 0 radical (unpaired) electrons. The van der Waals surface area contributed by atoms with Crippen LogP contribution in [0.5, 0.6) is 0 Å². The minimum Gasteiger partial charge on any atom is -0.241 e. The first-order chi connectivity index (χ1) is 46.2. The van der Waals surface area contributed by atoms with Crippen LogP contribution in [0.3, 0.4) is 0 Å². The molecule has 7 rings (SSSR count). The summed E-state index contributed by atoms with van der Waals surface area (Å²) in [5.74, 6) is 0.463. The SMILES string of the molecule is CCCCCCCCCCCCCCC(CCCCCCCCCCCC)Cc1cc(-c2cc(F)c3nc4cc(-c5cc(CC(CCCCCCCCCCCC)CCCCCCCCCCCCCC)c(-c6ccc(-c7ccc(C)s7)s6)s5)cc(F)c4nc3c2)sc1C. The van der Waals surface area contributed by atoms with Crippen LogP contribution in [-0.2, 0) is 12.8 Å². The van der Waals surface area contributed by atoms with Crippen molar-refractivity contribution in [1.29, 1.82) is 0 Å². The number of halogens is 2. The molecule has 0 aliphatic carbocycles. The second kappa shape index (κ2) is 46.9. The summed E-state index contributed by atoms with van der Waals surface area (Å²) in [5.41, 5.74) is 5.59. The van der Waals surface area contributed by atoms with Gasteiger partial charge >= 0.3 is 0 Å². The normalized spacial score (nSPS) is 12.6. The van der Waals surface area contributed by atoms with Gasteiger partial charge in [0, 0.05) is 39.0 Å². The zero-order valence-electron chi connectivity index (χ0n) is 60.6. The quantitative estimate of drug-likeness (QED) is 0.0280. The van der Waals surface area contributed by atoms with E-state index in [9.17, 15) is 0 Å². The smallest absolute Gasteiger partial charge is 0.151 e. The van der Waals surface area contributed by atoms with Crippen molar-refractivity contribution in [3.8, 4) is 40.4 Å². The summed E-state index contributed by atoms with van der Waals surface area (Å²) < 4.78 is 33.7. The van der Waals surface area contributed by atoms with Crippen molar-refractivity contribution in [1.82, 2.24) is 9.97 Å². The maximum Gasteiger partial charge on any atom is 0.151 e. The lowest BCUT2D eigenvalue weighted by molar-refractivity contribution is 0.399. The lowest BCUT2D eigenvalue weighted by Gasteiger charge is -2.17. The molecule has 0 saturated carbocycles. The molecule has 2 unspecified atom stereocenters. The Morgan fingerprint density at radius 2 is 0.617 bits per heavy atom. The highest BCUT2D eigenvalue weighted by molar-refractivity contribution is 7.27. The van der Waals surface area contributed by atoms with E-state index in [0.29, 0.717) is 22.9 Å². The molecule has 8 heteroatoms. The Labute approximate surface area is 590 Å². The molecule has 0 bridgehead atoms. The van der Waals surface area contributed by atoms with Crippen LogP contribution in [0.25, 0.3) is 62.5 Å². The fourth-order valence-electron chi connectivity index (χ4n) is 14.7. The van der Waals surface area contributed by atoms with Crippen LogP contribution in [0.2, 0.25) is 0 Å². The fraction of sp³-hybridized carbons (Fsp3) is 0.674. The topological polar surface area (TPSA) is 25.8 Å². The number of unbranched alkanes of at least 4 members (excludes halogenated alkanes) is 40. The van der Waals surface area contributed by atoms with E-state index in [2.05, 4.69) is 77.9 Å². The van der Waals surface area contributed by atoms with Gasteiger partial charge in [-0.05, 0) is 121 Å². The van der Waals surface area contributed by atoms with Gasteiger partial charge in [0.1, 0.15) is 11.0 Å². The first-order valence-corrected chi connectivity index (χ1v) is 42.9. The molecule has 2 nitrogen and oxygen atoms in total. The molecular weight excluding hydrogens is 1230 g/mol. The van der Waals surface area contributed by atoms with Crippen LogP contribution in [0.4, 0.5) is 8.78 Å². The largest absolute Gasteiger partial charge is 0.241 e. The summed E-state index contributed by atoms with van der Waals surface area (Å²) >= 11 is 7.30. The minimum atomic E-state index is -0.405. The lowest BCUT2D eigenvalue weighted by atomic mass is 9.88. The number of benzene rings is 2. The summed E-state index contributed by atoms with van der Waals surface area (Å²) in [4.78, 5) is 19.8. The van der Waals surface area contributed by atoms with Crippen LogP contribution >= 0.6 is 45.3 Å². The summed E-state index contributed by atoms with van der Waals surface area (Å²) in [6, 6.07) is 21.1. The number of aromatic nitrogens is 2. The number of fused-ring (bicyclic) bond motifs is 2. The third kappa shape index (κ3) is 28.5. The third-order valence-corrected chi connectivity index (χ3v) is 25.5. The Balaban J connectivity index is 1.05. The van der Waals surface area contributed by atoms with Gasteiger partial charge in [-0.3, -0.25) is 0 Å². The third-order valence-electron chi connectivity index (χ3n) is 20.6. The van der Waals surface area contributed by atoms with Crippen molar-refractivity contribution in [2.45, 2.75) is 363 Å². The highest BCUT2D eigenvalue weighted by atomic mass is 32.1. The van der Waals surface area contributed by atoms with E-state index >= 15 is 8.78 Å². The van der Waals surface area contributed by atoms with Crippen LogP contribution in [-0.4, -0.2) is 9.97 Å². The molecule has 5 heterocycles. The van der Waals surface area contributed by atoms with Gasteiger partial charge in [0.15, 0.2) is 11.6 Å². The summed E-state index contributed by atoms with van der Waals surface area (Å²) in [7, 11) is 0. The van der Waals surface area contributed by atoms with Gasteiger partial charge < -0.3 is 0 Å². The minimum absolute atomic E-state index is 0.202. The Morgan fingerprint density at radius 1 is 0.309 bits per heavy atom. The molecule has 94 heavy (non-hydrogen) atoms. The number of rotatable bonds is 56. The molecule has 0 saturated heterocycles. The van der Waals surface area contributed by atoms with Gasteiger partial charge in [-0.1, -0.05) is 336 Å². The predicted molar refractivity (Wildman–Crippen MR) is 418 cm³/mol. The van der Waals surface area contributed by atoms with Crippen LogP contribution in [0, 0.1) is 37.3 Å². The average Bonchev–Trinajstić information content (AvgIpc) is 1.19. The summed E-state index contributed by atoms with van der Waals surface area (Å²) in [6.07, 6.45) is 67.5. The van der Waals surface area contributed by atoms with Gasteiger partial charge in [0.25, 0.3) is 0 Å². The maximum atomic E-state index is 16.9. The number of thiophene rings is 4. The molecule has 0 fully saturated rings. The van der Waals surface area contributed by atoms with E-state index in [-0.39, 0.29) is 11.0 Å². The second-order valence-corrected chi connectivity index (χ2v) is 33.7. The highest BCUT2D eigenvalue weighted by Gasteiger charge is 2.23. The number of hydrogen-bond donors (Lipinski definition) is 0. The molecule has 2 atom stereocenters. The molecule has 0 amide bonds. The van der Waals surface area contributed by atoms with E-state index in [1.807, 2.05) is 34.8 Å². The van der Waals surface area contributed by atoms with Crippen LogP contribution in [0.1, 0.15) is 357 Å². The number of aryl methyl sites for hydroxylation is 2. The molecule has 0 N–H and O–H groups in total. The highest BCUT2D eigenvalue weighted by Crippen LogP contribution is 2.46. The van der Waals surface area contributed by atoms with Crippen molar-refractivity contribution in [2.75, 3.05) is 0 Å². The van der Waals surface area contributed by atoms with Crippen LogP contribution in [0.15, 0.2) is 60.7 Å². The molecule has 7 aromatic rings. The standard InChI is InChI=1S/C86H130F2N2S4/c1-7-11-15-19-23-27-31-33-37-41-44-48-52-69(51-47-43-39-35-29-25-21-17-13-9-3)59-71-65-82(92-68(71)6)72-61-75(87)84-77(63-72)89-85-76(88)62-73(64-78(85)90-84)83-66-74(86(94-83)81-58-57-80(93-81)79-56-55-67(5)91-79)60-70(53-49-45-40-36-30-26-22-18-14-10-4)54-50-46-42-38-34-32-28-24-20-16-12-8-2/h55-58,61-66,69-70H,7-54,59-60H2,1-6H3. The van der Waals surface area contributed by atoms with E-state index in [4.69, 9.17) is 9.97 Å². The van der Waals surface area contributed by atoms with E-state index < -0.39 is 11.6 Å². The molecular formula is C86H130F2N2S4. The zero-order chi connectivity index (χ0) is 66.2. The van der Waals surface area contributed by atoms with Crippen LogP contribution < -0.4 is 0 Å². The molecule has 522 valence electrons. The molecule has 0 aliphatic heterocycles. The number of hydrogen-bond acceptors (Lipinski definition) is 6. The fourth-order valence-corrected chi connectivity index (χ4v) is 19.1. The predicted octanol–water partition coefficient (Wildman–Crippen LogP) is 31.7. The van der Waals surface area contributed by atoms with E-state index in [0.717, 1.165) is 33.7 Å². The van der Waals surface area contributed by atoms with Gasteiger partial charge in [-0.15, -0.1) is 45.3 Å². The van der Waals surface area contributed by atoms with E-state index in [1.54, 1.807) is 34.8 Å². The van der Waals surface area contributed by atoms with Gasteiger partial charge in [-0.25, -0.2) is 18.7 Å². The Hall–Kier alpha value is -3.30. The monoisotopic (exact) mass is 1360 g/mol. The molecule has 0 spiro atoms.